The minimum absolute atomic E-state index is 0.784. The van der Waals surface area contributed by atoms with Crippen molar-refractivity contribution < 1.29 is 0 Å². The molecule has 3 heteroatoms. The van der Waals surface area contributed by atoms with Gasteiger partial charge in [0.15, 0.2) is 0 Å². The number of benzene rings is 1. The van der Waals surface area contributed by atoms with Crippen LogP contribution in [0.3, 0.4) is 0 Å². The topological polar surface area (TPSA) is 3.24 Å². The third-order valence-electron chi connectivity index (χ3n) is 1.61. The number of halogens is 2. The maximum atomic E-state index is 6.06. The third-order valence-corrected chi connectivity index (χ3v) is 2.50. The van der Waals surface area contributed by atoms with E-state index in [0.717, 1.165) is 20.7 Å². The molecule has 0 saturated heterocycles. The molecule has 0 fully saturated rings. The molecule has 0 spiro atoms. The van der Waals surface area contributed by atoms with Crippen molar-refractivity contribution in [2.45, 2.75) is 6.92 Å². The molecule has 0 aliphatic carbocycles. The van der Waals surface area contributed by atoms with Crippen LogP contribution in [0.5, 0.6) is 0 Å². The summed E-state index contributed by atoms with van der Waals surface area (Å²) >= 11 is 9.53. The van der Waals surface area contributed by atoms with Crippen molar-refractivity contribution >= 4 is 33.2 Å². The second kappa shape index (κ2) is 3.67. The lowest BCUT2D eigenvalue weighted by Crippen LogP contribution is -2.10. The van der Waals surface area contributed by atoms with Gasteiger partial charge in [-0.25, -0.2) is 0 Å². The molecule has 0 unspecified atom stereocenters. The van der Waals surface area contributed by atoms with E-state index in [9.17, 15) is 0 Å². The van der Waals surface area contributed by atoms with Crippen LogP contribution in [0.4, 0.5) is 5.69 Å². The van der Waals surface area contributed by atoms with E-state index < -0.39 is 0 Å². The summed E-state index contributed by atoms with van der Waals surface area (Å²) in [5.74, 6) is 0. The summed E-state index contributed by atoms with van der Waals surface area (Å²) in [6.07, 6.45) is 0. The summed E-state index contributed by atoms with van der Waals surface area (Å²) in [7, 11) is 3.95. The molecule has 0 heterocycles. The van der Waals surface area contributed by atoms with Crippen molar-refractivity contribution in [3.8, 4) is 0 Å². The molecule has 0 N–H and O–H groups in total. The first-order valence-corrected chi connectivity index (χ1v) is 4.82. The average molecular weight is 249 g/mol. The molecular formula is C9H11BrClN. The first-order chi connectivity index (χ1) is 5.52. The molecule has 0 radical (unpaired) electrons. The van der Waals surface area contributed by atoms with E-state index in [-0.39, 0.29) is 0 Å². The minimum atomic E-state index is 0.784. The Labute approximate surface area is 86.5 Å². The van der Waals surface area contributed by atoms with E-state index >= 15 is 0 Å². The van der Waals surface area contributed by atoms with Crippen molar-refractivity contribution in [3.05, 3.63) is 27.2 Å². The number of hydrogen-bond donors (Lipinski definition) is 0. The maximum absolute atomic E-state index is 6.06. The standard InChI is InChI=1S/C9H11BrClN/c1-6-4-7(10)9(12(2)3)8(11)5-6/h4-5H,1-3H3. The molecule has 0 aliphatic heterocycles. The number of rotatable bonds is 1. The first-order valence-electron chi connectivity index (χ1n) is 3.65. The molecule has 0 amide bonds. The third kappa shape index (κ3) is 1.93. The summed E-state index contributed by atoms with van der Waals surface area (Å²) in [6.45, 7) is 2.02. The zero-order chi connectivity index (χ0) is 9.30. The number of nitrogens with zero attached hydrogens (tertiary/aromatic N) is 1. The Bertz CT molecular complexity index is 274. The van der Waals surface area contributed by atoms with Crippen LogP contribution in [0.25, 0.3) is 0 Å². The smallest absolute Gasteiger partial charge is 0.0694 e. The molecular weight excluding hydrogens is 237 g/mol. The zero-order valence-corrected chi connectivity index (χ0v) is 9.70. The largest absolute Gasteiger partial charge is 0.376 e. The van der Waals surface area contributed by atoms with Crippen LogP contribution in [0, 0.1) is 6.92 Å². The molecule has 0 aliphatic rings. The SMILES string of the molecule is Cc1cc(Cl)c(N(C)C)c(Br)c1. The van der Waals surface area contributed by atoms with Gasteiger partial charge in [0.05, 0.1) is 10.7 Å². The molecule has 66 valence electrons. The second-order valence-electron chi connectivity index (χ2n) is 2.97. The highest BCUT2D eigenvalue weighted by Crippen LogP contribution is 2.33. The van der Waals surface area contributed by atoms with Crippen LogP contribution in [0.2, 0.25) is 5.02 Å². The van der Waals surface area contributed by atoms with E-state index in [2.05, 4.69) is 22.0 Å². The van der Waals surface area contributed by atoms with Crippen molar-refractivity contribution in [2.24, 2.45) is 0 Å². The second-order valence-corrected chi connectivity index (χ2v) is 4.23. The Morgan fingerprint density at radius 3 is 2.33 bits per heavy atom. The highest BCUT2D eigenvalue weighted by atomic mass is 79.9. The van der Waals surface area contributed by atoms with Crippen LogP contribution >= 0.6 is 27.5 Å². The Kier molecular flexibility index (Phi) is 3.02. The fraction of sp³-hybridized carbons (Fsp3) is 0.333. The molecule has 0 atom stereocenters. The highest BCUT2D eigenvalue weighted by Gasteiger charge is 2.07. The summed E-state index contributed by atoms with van der Waals surface area (Å²) in [4.78, 5) is 1.99. The van der Waals surface area contributed by atoms with Gasteiger partial charge in [0, 0.05) is 18.6 Å². The maximum Gasteiger partial charge on any atom is 0.0694 e. The Balaban J connectivity index is 3.28. The highest BCUT2D eigenvalue weighted by molar-refractivity contribution is 9.10. The number of anilines is 1. The van der Waals surface area contributed by atoms with Crippen molar-refractivity contribution in [1.29, 1.82) is 0 Å². The normalized spacial score (nSPS) is 10.1. The Hall–Kier alpha value is -0.210. The molecule has 12 heavy (non-hydrogen) atoms. The lowest BCUT2D eigenvalue weighted by atomic mass is 10.2. The predicted octanol–water partition coefficient (Wildman–Crippen LogP) is 3.48. The van der Waals surface area contributed by atoms with Gasteiger partial charge in [-0.1, -0.05) is 11.6 Å². The van der Waals surface area contributed by atoms with Crippen LogP contribution in [-0.4, -0.2) is 14.1 Å². The van der Waals surface area contributed by atoms with Gasteiger partial charge >= 0.3 is 0 Å². The molecule has 0 aromatic heterocycles. The fourth-order valence-corrected chi connectivity index (χ4v) is 2.61. The zero-order valence-electron chi connectivity index (χ0n) is 7.36. The van der Waals surface area contributed by atoms with Crippen LogP contribution in [-0.2, 0) is 0 Å². The summed E-state index contributed by atoms with van der Waals surface area (Å²) in [5, 5.41) is 0.784. The lowest BCUT2D eigenvalue weighted by Gasteiger charge is -2.16. The Morgan fingerprint density at radius 2 is 1.92 bits per heavy atom. The van der Waals surface area contributed by atoms with Gasteiger partial charge in [-0.2, -0.15) is 0 Å². The molecule has 0 saturated carbocycles. The first kappa shape index (κ1) is 9.87. The van der Waals surface area contributed by atoms with E-state index in [0.29, 0.717) is 0 Å². The van der Waals surface area contributed by atoms with Gasteiger partial charge in [-0.05, 0) is 40.5 Å². The molecule has 1 aromatic carbocycles. The summed E-state index contributed by atoms with van der Waals surface area (Å²) in [6, 6.07) is 4.02. The average Bonchev–Trinajstić information content (AvgIpc) is 1.82. The van der Waals surface area contributed by atoms with Gasteiger partial charge in [0.2, 0.25) is 0 Å². The minimum Gasteiger partial charge on any atom is -0.376 e. The lowest BCUT2D eigenvalue weighted by molar-refractivity contribution is 1.12. The van der Waals surface area contributed by atoms with E-state index in [4.69, 9.17) is 11.6 Å². The molecule has 1 nitrogen and oxygen atoms in total. The van der Waals surface area contributed by atoms with Crippen molar-refractivity contribution in [2.75, 3.05) is 19.0 Å². The van der Waals surface area contributed by atoms with E-state index in [1.807, 2.05) is 32.0 Å². The van der Waals surface area contributed by atoms with Gasteiger partial charge in [-0.3, -0.25) is 0 Å². The van der Waals surface area contributed by atoms with Gasteiger partial charge in [-0.15, -0.1) is 0 Å². The monoisotopic (exact) mass is 247 g/mol. The van der Waals surface area contributed by atoms with Crippen LogP contribution < -0.4 is 4.90 Å². The Morgan fingerprint density at radius 1 is 1.33 bits per heavy atom. The summed E-state index contributed by atoms with van der Waals surface area (Å²) < 4.78 is 1.04. The van der Waals surface area contributed by atoms with Gasteiger partial charge < -0.3 is 4.90 Å². The molecule has 1 aromatic rings. The summed E-state index contributed by atoms with van der Waals surface area (Å²) in [5.41, 5.74) is 2.19. The molecule has 1 rings (SSSR count). The number of hydrogen-bond acceptors (Lipinski definition) is 1. The van der Waals surface area contributed by atoms with Gasteiger partial charge in [0.25, 0.3) is 0 Å². The number of aryl methyl sites for hydroxylation is 1. The molecule has 0 bridgehead atoms. The van der Waals surface area contributed by atoms with Crippen LogP contribution in [0.1, 0.15) is 5.56 Å². The van der Waals surface area contributed by atoms with Gasteiger partial charge in [0.1, 0.15) is 0 Å². The van der Waals surface area contributed by atoms with E-state index in [1.165, 1.54) is 0 Å². The van der Waals surface area contributed by atoms with Crippen molar-refractivity contribution in [3.63, 3.8) is 0 Å². The quantitative estimate of drug-likeness (QED) is 0.735. The predicted molar refractivity (Wildman–Crippen MR) is 58.2 cm³/mol. The van der Waals surface area contributed by atoms with E-state index in [1.54, 1.807) is 0 Å². The van der Waals surface area contributed by atoms with Crippen molar-refractivity contribution in [1.82, 2.24) is 0 Å². The fourth-order valence-electron chi connectivity index (χ4n) is 1.12. The van der Waals surface area contributed by atoms with Crippen LogP contribution in [0.15, 0.2) is 16.6 Å².